The van der Waals surface area contributed by atoms with E-state index in [1.165, 1.54) is 0 Å². The summed E-state index contributed by atoms with van der Waals surface area (Å²) in [6.45, 7) is 1.95. The van der Waals surface area contributed by atoms with Crippen LogP contribution in [0, 0.1) is 0 Å². The fraction of sp³-hybridized carbons (Fsp3) is 0.261. The third-order valence-corrected chi connectivity index (χ3v) is 5.19. The Morgan fingerprint density at radius 3 is 2.77 bits per heavy atom. The Kier molecular flexibility index (Phi) is 5.52. The lowest BCUT2D eigenvalue weighted by Crippen LogP contribution is -2.47. The van der Waals surface area contributed by atoms with E-state index in [4.69, 9.17) is 4.74 Å². The lowest BCUT2D eigenvalue weighted by atomic mass is 9.99. The van der Waals surface area contributed by atoms with E-state index >= 15 is 0 Å². The van der Waals surface area contributed by atoms with Crippen LogP contribution in [0.15, 0.2) is 53.5 Å². The molecule has 2 heterocycles. The number of aliphatic imine (C=N–C) groups is 1. The molecule has 154 valence electrons. The first-order valence-corrected chi connectivity index (χ1v) is 9.93. The van der Waals surface area contributed by atoms with E-state index in [0.717, 1.165) is 27.7 Å². The summed E-state index contributed by atoms with van der Waals surface area (Å²) in [7, 11) is 0. The first kappa shape index (κ1) is 19.7. The number of hydrogen-bond donors (Lipinski definition) is 3. The van der Waals surface area contributed by atoms with Crippen LogP contribution in [0.1, 0.15) is 23.7 Å². The number of esters is 1. The van der Waals surface area contributed by atoms with E-state index in [9.17, 15) is 14.7 Å². The van der Waals surface area contributed by atoms with Crippen LogP contribution in [0.5, 0.6) is 5.75 Å². The van der Waals surface area contributed by atoms with E-state index in [-0.39, 0.29) is 24.7 Å². The second kappa shape index (κ2) is 8.41. The maximum absolute atomic E-state index is 12.9. The van der Waals surface area contributed by atoms with Crippen LogP contribution < -0.4 is 5.32 Å². The molecule has 1 amide bonds. The number of para-hydroxylation sites is 1. The van der Waals surface area contributed by atoms with Crippen LogP contribution in [0.2, 0.25) is 0 Å². The number of phenolic OH excluding ortho intramolecular Hbond substituents is 1. The summed E-state index contributed by atoms with van der Waals surface area (Å²) in [6, 6.07) is 13.0. The Labute approximate surface area is 173 Å². The molecule has 1 aliphatic rings. The number of carbonyl (C=O) groups excluding carboxylic acids is 2. The minimum Gasteiger partial charge on any atom is -0.508 e. The Hall–Kier alpha value is -3.61. The number of phenols is 1. The molecule has 0 unspecified atom stereocenters. The molecular weight excluding hydrogens is 382 g/mol. The van der Waals surface area contributed by atoms with Crippen LogP contribution in [-0.2, 0) is 27.2 Å². The molecule has 1 aromatic heterocycles. The van der Waals surface area contributed by atoms with Crippen molar-refractivity contribution in [2.75, 3.05) is 6.61 Å². The van der Waals surface area contributed by atoms with Gasteiger partial charge in [-0.15, -0.1) is 0 Å². The van der Waals surface area contributed by atoms with Crippen molar-refractivity contribution in [2.24, 2.45) is 4.99 Å². The number of amides is 1. The molecule has 0 saturated heterocycles. The number of carbonyl (C=O) groups is 2. The highest BCUT2D eigenvalue weighted by molar-refractivity contribution is 5.98. The number of ether oxygens (including phenoxy) is 1. The third kappa shape index (κ3) is 4.05. The van der Waals surface area contributed by atoms with E-state index < -0.39 is 18.1 Å². The average Bonchev–Trinajstić information content (AvgIpc) is 3.13. The molecule has 30 heavy (non-hydrogen) atoms. The van der Waals surface area contributed by atoms with E-state index in [1.54, 1.807) is 37.4 Å². The van der Waals surface area contributed by atoms with Crippen molar-refractivity contribution in [3.63, 3.8) is 0 Å². The van der Waals surface area contributed by atoms with Gasteiger partial charge in [-0.25, -0.2) is 4.79 Å². The van der Waals surface area contributed by atoms with Crippen LogP contribution >= 0.6 is 0 Å². The summed E-state index contributed by atoms with van der Waals surface area (Å²) in [5.74, 6) is -0.674. The molecule has 2 aromatic carbocycles. The number of nitrogens with one attached hydrogen (secondary N) is 2. The molecule has 0 bridgehead atoms. The Morgan fingerprint density at radius 1 is 1.23 bits per heavy atom. The molecule has 3 aromatic rings. The Balaban J connectivity index is 1.50. The highest BCUT2D eigenvalue weighted by Gasteiger charge is 2.29. The fourth-order valence-corrected chi connectivity index (χ4v) is 3.69. The first-order chi connectivity index (χ1) is 14.5. The number of H-pyrrole nitrogens is 1. The Morgan fingerprint density at radius 2 is 2.00 bits per heavy atom. The molecule has 0 saturated carbocycles. The maximum atomic E-state index is 12.9. The standard InChI is InChI=1S/C23H23N3O4/c1-2-30-23(29)20(11-14-7-9-15(27)10-8-14)26-22(28)19-12-17-16-5-3-4-6-18(16)25-21(17)13-24-19/h3-10,13,19-20,25,27H,2,11-12H2,1H3,(H,26,28)/t19-,20-/m1/s1. The zero-order chi connectivity index (χ0) is 21.1. The second-order valence-corrected chi connectivity index (χ2v) is 7.24. The van der Waals surface area contributed by atoms with Crippen LogP contribution in [0.4, 0.5) is 0 Å². The van der Waals surface area contributed by atoms with Crippen molar-refractivity contribution < 1.29 is 19.4 Å². The second-order valence-electron chi connectivity index (χ2n) is 7.24. The molecule has 7 nitrogen and oxygen atoms in total. The fourth-order valence-electron chi connectivity index (χ4n) is 3.69. The predicted molar refractivity (Wildman–Crippen MR) is 114 cm³/mol. The summed E-state index contributed by atoms with van der Waals surface area (Å²) in [4.78, 5) is 33.1. The summed E-state index contributed by atoms with van der Waals surface area (Å²) in [5.41, 5.74) is 3.77. The molecule has 3 N–H and O–H groups in total. The van der Waals surface area contributed by atoms with Crippen LogP contribution in [0.25, 0.3) is 10.9 Å². The quantitative estimate of drug-likeness (QED) is 0.548. The van der Waals surface area contributed by atoms with Crippen LogP contribution in [0.3, 0.4) is 0 Å². The van der Waals surface area contributed by atoms with Gasteiger partial charge in [-0.2, -0.15) is 0 Å². The van der Waals surface area contributed by atoms with Gasteiger partial charge in [0.05, 0.1) is 12.3 Å². The van der Waals surface area contributed by atoms with Crippen LogP contribution in [-0.4, -0.2) is 46.9 Å². The summed E-state index contributed by atoms with van der Waals surface area (Å²) in [5, 5.41) is 13.3. The third-order valence-electron chi connectivity index (χ3n) is 5.19. The highest BCUT2D eigenvalue weighted by Crippen LogP contribution is 2.26. The van der Waals surface area contributed by atoms with Gasteiger partial charge in [0.15, 0.2) is 0 Å². The van der Waals surface area contributed by atoms with Crippen molar-refractivity contribution in [2.45, 2.75) is 31.8 Å². The van der Waals surface area contributed by atoms with Crippen molar-refractivity contribution >= 4 is 29.0 Å². The van der Waals surface area contributed by atoms with Gasteiger partial charge in [0.2, 0.25) is 5.91 Å². The summed E-state index contributed by atoms with van der Waals surface area (Å²) in [6.07, 6.45) is 2.40. The van der Waals surface area contributed by atoms with Gasteiger partial charge >= 0.3 is 5.97 Å². The molecule has 0 aliphatic carbocycles. The number of nitrogens with zero attached hydrogens (tertiary/aromatic N) is 1. The molecule has 7 heteroatoms. The number of hydrogen-bond acceptors (Lipinski definition) is 5. The molecular formula is C23H23N3O4. The largest absolute Gasteiger partial charge is 0.508 e. The molecule has 2 atom stereocenters. The van der Waals surface area contributed by atoms with Gasteiger partial charge in [-0.3, -0.25) is 9.79 Å². The summed E-state index contributed by atoms with van der Waals surface area (Å²) < 4.78 is 5.14. The van der Waals surface area contributed by atoms with Crippen molar-refractivity contribution in [1.29, 1.82) is 0 Å². The van der Waals surface area contributed by atoms with E-state index in [1.807, 2.05) is 24.3 Å². The van der Waals surface area contributed by atoms with Gasteiger partial charge in [-0.05, 0) is 36.2 Å². The molecule has 0 radical (unpaired) electrons. The SMILES string of the molecule is CCOC(=O)[C@@H](Cc1ccc(O)cc1)NC(=O)[C@H]1Cc2c([nH]c3ccccc23)C=N1. The number of aromatic hydroxyl groups is 1. The highest BCUT2D eigenvalue weighted by atomic mass is 16.5. The number of benzene rings is 2. The van der Waals surface area contributed by atoms with Crippen molar-refractivity contribution in [3.05, 3.63) is 65.4 Å². The zero-order valence-corrected chi connectivity index (χ0v) is 16.6. The van der Waals surface area contributed by atoms with Crippen molar-refractivity contribution in [1.82, 2.24) is 10.3 Å². The molecule has 1 aliphatic heterocycles. The number of aromatic nitrogens is 1. The monoisotopic (exact) mass is 405 g/mol. The van der Waals surface area contributed by atoms with Crippen molar-refractivity contribution in [3.8, 4) is 5.75 Å². The lowest BCUT2D eigenvalue weighted by Gasteiger charge is -2.21. The van der Waals surface area contributed by atoms with Gasteiger partial charge < -0.3 is 20.1 Å². The van der Waals surface area contributed by atoms with Gasteiger partial charge in [0.25, 0.3) is 0 Å². The zero-order valence-electron chi connectivity index (χ0n) is 16.6. The van der Waals surface area contributed by atoms with E-state index in [2.05, 4.69) is 15.3 Å². The molecule has 0 fully saturated rings. The smallest absolute Gasteiger partial charge is 0.328 e. The molecule has 0 spiro atoms. The summed E-state index contributed by atoms with van der Waals surface area (Å²) >= 11 is 0. The number of fused-ring (bicyclic) bond motifs is 3. The number of aromatic amines is 1. The van der Waals surface area contributed by atoms with E-state index in [0.29, 0.717) is 6.42 Å². The van der Waals surface area contributed by atoms with Gasteiger partial charge in [0.1, 0.15) is 17.8 Å². The normalized spacial score (nSPS) is 16.1. The van der Waals surface area contributed by atoms with Gasteiger partial charge in [-0.1, -0.05) is 30.3 Å². The minimum atomic E-state index is -0.832. The maximum Gasteiger partial charge on any atom is 0.328 e. The lowest BCUT2D eigenvalue weighted by molar-refractivity contribution is -0.147. The number of rotatable bonds is 6. The minimum absolute atomic E-state index is 0.140. The average molecular weight is 405 g/mol. The Bertz CT molecular complexity index is 1100. The molecule has 4 rings (SSSR count). The van der Waals surface area contributed by atoms with Gasteiger partial charge in [0, 0.05) is 30.0 Å². The first-order valence-electron chi connectivity index (χ1n) is 9.93. The topological polar surface area (TPSA) is 104 Å². The predicted octanol–water partition coefficient (Wildman–Crippen LogP) is 2.51.